The number of benzene rings is 2. The van der Waals surface area contributed by atoms with E-state index in [1.54, 1.807) is 0 Å². The molecule has 26 heavy (non-hydrogen) atoms. The molecule has 0 aromatic heterocycles. The van der Waals surface area contributed by atoms with Crippen molar-refractivity contribution in [3.8, 4) is 0 Å². The van der Waals surface area contributed by atoms with Crippen LogP contribution in [0.5, 0.6) is 0 Å². The Labute approximate surface area is 158 Å². The highest BCUT2D eigenvalue weighted by Crippen LogP contribution is 2.46. The maximum absolute atomic E-state index is 12.6. The molecule has 0 atom stereocenters. The van der Waals surface area contributed by atoms with Gasteiger partial charge in [0.25, 0.3) is 0 Å². The highest BCUT2D eigenvalue weighted by molar-refractivity contribution is 9.10. The summed E-state index contributed by atoms with van der Waals surface area (Å²) in [6.07, 6.45) is 1.26. The Morgan fingerprint density at radius 1 is 0.885 bits per heavy atom. The number of sulfonamides is 1. The van der Waals surface area contributed by atoms with Crippen molar-refractivity contribution < 1.29 is 25.6 Å². The first-order chi connectivity index (χ1) is 12.1. The molecule has 0 spiro atoms. The molecule has 0 radical (unpaired) electrons. The zero-order valence-corrected chi connectivity index (χ0v) is 16.4. The van der Waals surface area contributed by atoms with Crippen LogP contribution in [-0.2, 0) is 25.4 Å². The van der Waals surface area contributed by atoms with E-state index in [0.29, 0.717) is 12.8 Å². The van der Waals surface area contributed by atoms with Crippen molar-refractivity contribution in [2.45, 2.75) is 33.9 Å². The van der Waals surface area contributed by atoms with E-state index in [4.69, 9.17) is 0 Å². The summed E-state index contributed by atoms with van der Waals surface area (Å²) in [5.41, 5.74) is 0.119. The van der Waals surface area contributed by atoms with E-state index in [1.165, 1.54) is 0 Å². The van der Waals surface area contributed by atoms with Gasteiger partial charge in [0.05, 0.1) is 15.3 Å². The quantitative estimate of drug-likeness (QED) is 0.708. The summed E-state index contributed by atoms with van der Waals surface area (Å²) in [5.74, 6) is -3.56. The molecule has 0 saturated heterocycles. The Kier molecular flexibility index (Phi) is 4.97. The molecule has 140 valence electrons. The molecule has 1 aliphatic carbocycles. The lowest BCUT2D eigenvalue weighted by molar-refractivity contribution is 0.234. The van der Waals surface area contributed by atoms with Crippen LogP contribution in [0.15, 0.2) is 62.8 Å². The zero-order valence-electron chi connectivity index (χ0n) is 13.2. The first kappa shape index (κ1) is 19.4. The fourth-order valence-corrected chi connectivity index (χ4v) is 5.01. The molecule has 2 aromatic carbocycles. The third-order valence-corrected chi connectivity index (χ3v) is 7.65. The summed E-state index contributed by atoms with van der Waals surface area (Å²) < 4.78 is 76.7. The number of hydrogen-bond donors (Lipinski definition) is 1. The van der Waals surface area contributed by atoms with Crippen molar-refractivity contribution in [1.29, 1.82) is 0 Å². The van der Waals surface area contributed by atoms with E-state index in [9.17, 15) is 25.6 Å². The van der Waals surface area contributed by atoms with Gasteiger partial charge < -0.3 is 0 Å². The number of nitrogens with one attached hydrogen (secondary N) is 1. The van der Waals surface area contributed by atoms with Crippen LogP contribution in [0.2, 0.25) is 0 Å². The van der Waals surface area contributed by atoms with Crippen LogP contribution in [-0.4, -0.2) is 22.6 Å². The molecule has 5 nitrogen and oxygen atoms in total. The molecule has 1 aliphatic rings. The molecule has 0 unspecified atom stereocenters. The zero-order chi connectivity index (χ0) is 19.2. The second-order valence-corrected chi connectivity index (χ2v) is 10.5. The average molecular weight is 466 g/mol. The van der Waals surface area contributed by atoms with Crippen LogP contribution >= 0.6 is 15.9 Å². The molecule has 0 aliphatic heterocycles. The van der Waals surface area contributed by atoms with Crippen LogP contribution in [0.4, 0.5) is 8.78 Å². The van der Waals surface area contributed by atoms with Crippen molar-refractivity contribution in [1.82, 2.24) is 4.72 Å². The minimum Gasteiger partial charge on any atom is -0.218 e. The molecule has 0 heterocycles. The fraction of sp³-hybridized carbons (Fsp3) is 0.250. The van der Waals surface area contributed by atoms with Crippen LogP contribution in [0.3, 0.4) is 0 Å². The molecule has 1 fully saturated rings. The molecule has 3 rings (SSSR count). The molecular weight excluding hydrogens is 452 g/mol. The highest BCUT2D eigenvalue weighted by Gasteiger charge is 2.47. The topological polar surface area (TPSA) is 80.3 Å². The van der Waals surface area contributed by atoms with Crippen LogP contribution in [0, 0.1) is 0 Å². The van der Waals surface area contributed by atoms with Crippen LogP contribution < -0.4 is 4.72 Å². The van der Waals surface area contributed by atoms with Gasteiger partial charge in [-0.1, -0.05) is 28.1 Å². The first-order valence-corrected chi connectivity index (χ1v) is 11.3. The summed E-state index contributed by atoms with van der Waals surface area (Å²) in [4.78, 5) is -0.811. The van der Waals surface area contributed by atoms with E-state index in [0.717, 1.165) is 34.3 Å². The predicted octanol–water partition coefficient (Wildman–Crippen LogP) is 3.41. The average Bonchev–Trinajstić information content (AvgIpc) is 3.35. The van der Waals surface area contributed by atoms with E-state index in [1.807, 2.05) is 24.3 Å². The van der Waals surface area contributed by atoms with Gasteiger partial charge in [-0.3, -0.25) is 0 Å². The second kappa shape index (κ2) is 6.66. The number of sulfone groups is 1. The van der Waals surface area contributed by atoms with Crippen LogP contribution in [0.25, 0.3) is 0 Å². The van der Waals surface area contributed by atoms with Gasteiger partial charge in [-0.05, 0) is 54.8 Å². The molecule has 0 amide bonds. The number of alkyl halides is 2. The molecule has 1 N–H and O–H groups in total. The predicted molar refractivity (Wildman–Crippen MR) is 95.0 cm³/mol. The molecule has 2 aromatic rings. The van der Waals surface area contributed by atoms with Crippen LogP contribution in [0.1, 0.15) is 18.4 Å². The van der Waals surface area contributed by atoms with E-state index < -0.39 is 36.1 Å². The van der Waals surface area contributed by atoms with Crippen molar-refractivity contribution in [3.63, 3.8) is 0 Å². The summed E-state index contributed by atoms with van der Waals surface area (Å²) in [6.45, 7) is 0. The minimum atomic E-state index is -4.76. The number of rotatable bonds is 6. The maximum atomic E-state index is 12.6. The third kappa shape index (κ3) is 3.68. The SMILES string of the molecule is O=S(=O)(NC1(c2ccc(Br)cc2)CC1)c1ccc(S(=O)(=O)C(F)F)cc1. The largest absolute Gasteiger partial charge is 0.341 e. The molecule has 1 saturated carbocycles. The Hall–Kier alpha value is -1.36. The lowest BCUT2D eigenvalue weighted by atomic mass is 10.1. The van der Waals surface area contributed by atoms with E-state index in [-0.39, 0.29) is 4.90 Å². The fourth-order valence-electron chi connectivity index (χ4n) is 2.57. The summed E-state index contributed by atoms with van der Waals surface area (Å²) in [5, 5.41) is 0. The number of hydrogen-bond acceptors (Lipinski definition) is 4. The van der Waals surface area contributed by atoms with Gasteiger partial charge in [0.1, 0.15) is 0 Å². The Balaban J connectivity index is 1.86. The summed E-state index contributed by atoms with van der Waals surface area (Å²) >= 11 is 3.32. The normalized spacial score (nSPS) is 16.6. The van der Waals surface area contributed by atoms with Gasteiger partial charge in [-0.15, -0.1) is 0 Å². The summed E-state index contributed by atoms with van der Waals surface area (Å²) in [6, 6.07) is 11.0. The van der Waals surface area contributed by atoms with Crippen molar-refractivity contribution in [2.75, 3.05) is 0 Å². The highest BCUT2D eigenvalue weighted by atomic mass is 79.9. The van der Waals surface area contributed by atoms with Crippen molar-refractivity contribution >= 4 is 35.8 Å². The molecular formula is C16H14BrF2NO4S2. The third-order valence-electron chi connectivity index (χ3n) is 4.17. The standard InChI is InChI=1S/C16H14BrF2NO4S2/c17-12-3-1-11(2-4-12)16(9-10-16)20-26(23,24)14-7-5-13(6-8-14)25(21,22)15(18)19/h1-8,15,20H,9-10H2. The Morgan fingerprint density at radius 2 is 1.38 bits per heavy atom. The van der Waals surface area contributed by atoms with Gasteiger partial charge in [-0.25, -0.2) is 21.6 Å². The van der Waals surface area contributed by atoms with E-state index >= 15 is 0 Å². The molecule has 10 heteroatoms. The van der Waals surface area contributed by atoms with Gasteiger partial charge in [0.2, 0.25) is 19.9 Å². The smallest absolute Gasteiger partial charge is 0.218 e. The van der Waals surface area contributed by atoms with Crippen molar-refractivity contribution in [3.05, 3.63) is 58.6 Å². The lowest BCUT2D eigenvalue weighted by Crippen LogP contribution is -2.34. The Bertz CT molecular complexity index is 1020. The van der Waals surface area contributed by atoms with Gasteiger partial charge in [0, 0.05) is 4.47 Å². The second-order valence-electron chi connectivity index (χ2n) is 5.97. The van der Waals surface area contributed by atoms with Gasteiger partial charge in [-0.2, -0.15) is 8.78 Å². The maximum Gasteiger partial charge on any atom is 0.341 e. The summed E-state index contributed by atoms with van der Waals surface area (Å²) in [7, 11) is -8.70. The van der Waals surface area contributed by atoms with Gasteiger partial charge in [0.15, 0.2) is 0 Å². The van der Waals surface area contributed by atoms with Crippen molar-refractivity contribution in [2.24, 2.45) is 0 Å². The minimum absolute atomic E-state index is 0.186. The van der Waals surface area contributed by atoms with E-state index in [2.05, 4.69) is 20.7 Å². The number of halogens is 3. The lowest BCUT2D eigenvalue weighted by Gasteiger charge is -2.18. The Morgan fingerprint density at radius 3 is 1.85 bits per heavy atom. The molecule has 0 bridgehead atoms. The monoisotopic (exact) mass is 465 g/mol. The first-order valence-electron chi connectivity index (χ1n) is 7.49. The van der Waals surface area contributed by atoms with Gasteiger partial charge >= 0.3 is 5.76 Å².